The summed E-state index contributed by atoms with van der Waals surface area (Å²) < 4.78 is 0. The fraction of sp³-hybridized carbons (Fsp3) is 0.462. The van der Waals surface area contributed by atoms with Crippen LogP contribution in [-0.2, 0) is 4.79 Å². The summed E-state index contributed by atoms with van der Waals surface area (Å²) in [5, 5.41) is 11.6. The van der Waals surface area contributed by atoms with E-state index in [1.807, 2.05) is 37.3 Å². The van der Waals surface area contributed by atoms with Crippen molar-refractivity contribution in [2.45, 2.75) is 19.4 Å². The lowest BCUT2D eigenvalue weighted by Gasteiger charge is -2.13. The SMILES string of the molecule is CC(CO)CNC(=O)CC(N)c1ccccc1. The van der Waals surface area contributed by atoms with Crippen LogP contribution in [0.3, 0.4) is 0 Å². The average Bonchev–Trinajstić information content (AvgIpc) is 2.36. The molecule has 0 radical (unpaired) electrons. The molecule has 0 spiro atoms. The molecule has 1 aromatic carbocycles. The summed E-state index contributed by atoms with van der Waals surface area (Å²) in [7, 11) is 0. The van der Waals surface area contributed by atoms with Crippen molar-refractivity contribution in [2.75, 3.05) is 13.2 Å². The van der Waals surface area contributed by atoms with Crippen molar-refractivity contribution in [2.24, 2.45) is 11.7 Å². The summed E-state index contributed by atoms with van der Waals surface area (Å²) in [5.41, 5.74) is 6.88. The molecule has 0 saturated heterocycles. The first-order chi connectivity index (χ1) is 8.13. The lowest BCUT2D eigenvalue weighted by Crippen LogP contribution is -2.31. The molecule has 17 heavy (non-hydrogen) atoms. The van der Waals surface area contributed by atoms with E-state index in [-0.39, 0.29) is 30.9 Å². The third-order valence-corrected chi connectivity index (χ3v) is 2.59. The van der Waals surface area contributed by atoms with Crippen molar-refractivity contribution in [3.05, 3.63) is 35.9 Å². The third-order valence-electron chi connectivity index (χ3n) is 2.59. The van der Waals surface area contributed by atoms with E-state index in [9.17, 15) is 4.79 Å². The van der Waals surface area contributed by atoms with E-state index < -0.39 is 0 Å². The highest BCUT2D eigenvalue weighted by molar-refractivity contribution is 5.76. The fourth-order valence-corrected chi connectivity index (χ4v) is 1.44. The van der Waals surface area contributed by atoms with Crippen molar-refractivity contribution in [3.8, 4) is 0 Å². The first-order valence-electron chi connectivity index (χ1n) is 5.81. The van der Waals surface area contributed by atoms with Gasteiger partial charge in [-0.3, -0.25) is 4.79 Å². The summed E-state index contributed by atoms with van der Waals surface area (Å²) >= 11 is 0. The minimum atomic E-state index is -0.277. The number of aliphatic hydroxyl groups is 1. The van der Waals surface area contributed by atoms with Crippen LogP contribution in [0.1, 0.15) is 24.9 Å². The summed E-state index contributed by atoms with van der Waals surface area (Å²) in [6.45, 7) is 2.43. The molecular formula is C13H20N2O2. The number of carbonyl (C=O) groups is 1. The Bertz CT molecular complexity index is 341. The molecule has 0 saturated carbocycles. The largest absolute Gasteiger partial charge is 0.396 e. The number of benzene rings is 1. The number of hydrogen-bond acceptors (Lipinski definition) is 3. The summed E-state index contributed by atoms with van der Waals surface area (Å²) in [4.78, 5) is 11.6. The second-order valence-electron chi connectivity index (χ2n) is 4.31. The highest BCUT2D eigenvalue weighted by Gasteiger charge is 2.11. The second-order valence-corrected chi connectivity index (χ2v) is 4.31. The zero-order chi connectivity index (χ0) is 12.7. The predicted octanol–water partition coefficient (Wildman–Crippen LogP) is 0.821. The molecule has 2 atom stereocenters. The Balaban J connectivity index is 2.36. The van der Waals surface area contributed by atoms with Gasteiger partial charge in [-0.1, -0.05) is 37.3 Å². The van der Waals surface area contributed by atoms with E-state index in [0.29, 0.717) is 6.54 Å². The van der Waals surface area contributed by atoms with Gasteiger partial charge >= 0.3 is 0 Å². The number of rotatable bonds is 6. The van der Waals surface area contributed by atoms with E-state index in [0.717, 1.165) is 5.56 Å². The van der Waals surface area contributed by atoms with Crippen LogP contribution >= 0.6 is 0 Å². The second kappa shape index (κ2) is 7.04. The van der Waals surface area contributed by atoms with Crippen LogP contribution in [0, 0.1) is 5.92 Å². The summed E-state index contributed by atoms with van der Waals surface area (Å²) in [6.07, 6.45) is 0.266. The van der Waals surface area contributed by atoms with Crippen LogP contribution in [0.5, 0.6) is 0 Å². The van der Waals surface area contributed by atoms with Crippen LogP contribution in [0.4, 0.5) is 0 Å². The van der Waals surface area contributed by atoms with Gasteiger partial charge in [-0.15, -0.1) is 0 Å². The summed E-state index contributed by atoms with van der Waals surface area (Å²) in [6, 6.07) is 9.27. The molecule has 0 bridgehead atoms. The molecule has 1 amide bonds. The van der Waals surface area contributed by atoms with Crippen molar-refractivity contribution in [1.82, 2.24) is 5.32 Å². The molecule has 0 aliphatic carbocycles. The van der Waals surface area contributed by atoms with Crippen LogP contribution in [0.25, 0.3) is 0 Å². The molecule has 4 heteroatoms. The maximum Gasteiger partial charge on any atom is 0.221 e. The Morgan fingerprint density at radius 1 is 1.41 bits per heavy atom. The molecule has 0 heterocycles. The van der Waals surface area contributed by atoms with Crippen molar-refractivity contribution in [1.29, 1.82) is 0 Å². The Kier molecular flexibility index (Phi) is 5.66. The van der Waals surface area contributed by atoms with Gasteiger partial charge < -0.3 is 16.2 Å². The quantitative estimate of drug-likeness (QED) is 0.684. The van der Waals surface area contributed by atoms with Gasteiger partial charge in [0.15, 0.2) is 0 Å². The topological polar surface area (TPSA) is 75.3 Å². The monoisotopic (exact) mass is 236 g/mol. The number of amides is 1. The molecule has 0 aliphatic rings. The van der Waals surface area contributed by atoms with Gasteiger partial charge in [0.1, 0.15) is 0 Å². The molecular weight excluding hydrogens is 216 g/mol. The van der Waals surface area contributed by atoms with Crippen LogP contribution < -0.4 is 11.1 Å². The lowest BCUT2D eigenvalue weighted by molar-refractivity contribution is -0.121. The molecule has 0 aliphatic heterocycles. The molecule has 4 N–H and O–H groups in total. The van der Waals surface area contributed by atoms with Gasteiger partial charge in [-0.2, -0.15) is 0 Å². The number of carbonyl (C=O) groups excluding carboxylic acids is 1. The lowest BCUT2D eigenvalue weighted by atomic mass is 10.0. The van der Waals surface area contributed by atoms with E-state index in [4.69, 9.17) is 10.8 Å². The molecule has 1 aromatic rings. The van der Waals surface area contributed by atoms with E-state index >= 15 is 0 Å². The minimum Gasteiger partial charge on any atom is -0.396 e. The summed E-state index contributed by atoms with van der Waals surface area (Å²) in [5.74, 6) is -0.00597. The third kappa shape index (κ3) is 4.97. The normalized spacial score (nSPS) is 14.1. The van der Waals surface area contributed by atoms with Gasteiger partial charge in [0.05, 0.1) is 0 Å². The van der Waals surface area contributed by atoms with Crippen molar-refractivity contribution < 1.29 is 9.90 Å². The van der Waals surface area contributed by atoms with Crippen LogP contribution in [-0.4, -0.2) is 24.2 Å². The first-order valence-corrected chi connectivity index (χ1v) is 5.81. The Hall–Kier alpha value is -1.39. The maximum absolute atomic E-state index is 11.6. The molecule has 0 aromatic heterocycles. The predicted molar refractivity (Wildman–Crippen MR) is 67.2 cm³/mol. The van der Waals surface area contributed by atoms with Gasteiger partial charge in [0.25, 0.3) is 0 Å². The Morgan fingerprint density at radius 2 is 2.06 bits per heavy atom. The molecule has 1 rings (SSSR count). The Labute approximate surface area is 102 Å². The van der Waals surface area contributed by atoms with Gasteiger partial charge in [-0.25, -0.2) is 0 Å². The standard InChI is InChI=1S/C13H20N2O2/c1-10(9-16)8-15-13(17)7-12(14)11-5-3-2-4-6-11/h2-6,10,12,16H,7-9,14H2,1H3,(H,15,17). The Morgan fingerprint density at radius 3 is 2.65 bits per heavy atom. The minimum absolute atomic E-state index is 0.0744. The van der Waals surface area contributed by atoms with Crippen LogP contribution in [0.15, 0.2) is 30.3 Å². The molecule has 4 nitrogen and oxygen atoms in total. The van der Waals surface area contributed by atoms with Gasteiger partial charge in [0.2, 0.25) is 5.91 Å². The van der Waals surface area contributed by atoms with E-state index in [1.165, 1.54) is 0 Å². The maximum atomic E-state index is 11.6. The number of nitrogens with one attached hydrogen (secondary N) is 1. The zero-order valence-corrected chi connectivity index (χ0v) is 10.1. The zero-order valence-electron chi connectivity index (χ0n) is 10.1. The first kappa shape index (κ1) is 13.7. The van der Waals surface area contributed by atoms with Crippen molar-refractivity contribution >= 4 is 5.91 Å². The van der Waals surface area contributed by atoms with Crippen LogP contribution in [0.2, 0.25) is 0 Å². The van der Waals surface area contributed by atoms with E-state index in [2.05, 4.69) is 5.32 Å². The van der Waals surface area contributed by atoms with Gasteiger partial charge in [-0.05, 0) is 11.5 Å². The highest BCUT2D eigenvalue weighted by Crippen LogP contribution is 2.12. The molecule has 2 unspecified atom stereocenters. The average molecular weight is 236 g/mol. The number of aliphatic hydroxyl groups excluding tert-OH is 1. The molecule has 94 valence electrons. The molecule has 0 fully saturated rings. The van der Waals surface area contributed by atoms with Gasteiger partial charge in [0, 0.05) is 25.6 Å². The number of nitrogens with two attached hydrogens (primary N) is 1. The number of hydrogen-bond donors (Lipinski definition) is 3. The van der Waals surface area contributed by atoms with Crippen molar-refractivity contribution in [3.63, 3.8) is 0 Å². The smallest absolute Gasteiger partial charge is 0.221 e. The fourth-order valence-electron chi connectivity index (χ4n) is 1.44. The highest BCUT2D eigenvalue weighted by atomic mass is 16.3. The van der Waals surface area contributed by atoms with E-state index in [1.54, 1.807) is 0 Å².